The molecular formula is C18H17F3N2O3. The Kier molecular flexibility index (Phi) is 6.21. The van der Waals surface area contributed by atoms with E-state index in [1.54, 1.807) is 24.3 Å². The van der Waals surface area contributed by atoms with Crippen LogP contribution in [0.1, 0.15) is 22.8 Å². The number of hydrogen-bond donors (Lipinski definition) is 2. The van der Waals surface area contributed by atoms with E-state index in [2.05, 4.69) is 10.6 Å². The Labute approximate surface area is 148 Å². The van der Waals surface area contributed by atoms with Gasteiger partial charge in [0.1, 0.15) is 5.75 Å². The van der Waals surface area contributed by atoms with Crippen molar-refractivity contribution in [3.8, 4) is 5.75 Å². The van der Waals surface area contributed by atoms with Gasteiger partial charge in [0.15, 0.2) is 0 Å². The second-order valence-electron chi connectivity index (χ2n) is 5.26. The molecule has 0 saturated heterocycles. The summed E-state index contributed by atoms with van der Waals surface area (Å²) in [6, 6.07) is 10.4. The fraction of sp³-hybridized carbons (Fsp3) is 0.222. The number of anilines is 1. The lowest BCUT2D eigenvalue weighted by Crippen LogP contribution is -2.32. The van der Waals surface area contributed by atoms with Gasteiger partial charge >= 0.3 is 6.18 Å². The van der Waals surface area contributed by atoms with Crippen molar-refractivity contribution in [2.24, 2.45) is 0 Å². The van der Waals surface area contributed by atoms with Gasteiger partial charge in [0.25, 0.3) is 5.91 Å². The van der Waals surface area contributed by atoms with Crippen LogP contribution in [0.15, 0.2) is 48.5 Å². The third-order valence-electron chi connectivity index (χ3n) is 3.33. The summed E-state index contributed by atoms with van der Waals surface area (Å²) in [5.41, 5.74) is -0.242. The molecule has 2 N–H and O–H groups in total. The lowest BCUT2D eigenvalue weighted by atomic mass is 10.2. The highest BCUT2D eigenvalue weighted by atomic mass is 19.4. The second-order valence-corrected chi connectivity index (χ2v) is 5.26. The Hall–Kier alpha value is -3.03. The largest absolute Gasteiger partial charge is 0.494 e. The maximum Gasteiger partial charge on any atom is 0.416 e. The van der Waals surface area contributed by atoms with Gasteiger partial charge in [0.05, 0.1) is 18.7 Å². The zero-order chi connectivity index (χ0) is 19.2. The topological polar surface area (TPSA) is 67.4 Å². The lowest BCUT2D eigenvalue weighted by molar-refractivity contribution is -0.137. The van der Waals surface area contributed by atoms with Crippen LogP contribution >= 0.6 is 0 Å². The monoisotopic (exact) mass is 366 g/mol. The molecule has 0 aliphatic rings. The Morgan fingerprint density at radius 2 is 1.62 bits per heavy atom. The highest BCUT2D eigenvalue weighted by molar-refractivity contribution is 5.99. The molecule has 2 rings (SSSR count). The summed E-state index contributed by atoms with van der Waals surface area (Å²) in [5.74, 6) is -0.372. The van der Waals surface area contributed by atoms with Gasteiger partial charge in [-0.2, -0.15) is 13.2 Å². The van der Waals surface area contributed by atoms with Gasteiger partial charge in [0.2, 0.25) is 5.91 Å². The predicted octanol–water partition coefficient (Wildman–Crippen LogP) is 3.47. The Morgan fingerprint density at radius 3 is 2.15 bits per heavy atom. The number of nitrogens with one attached hydrogen (secondary N) is 2. The third kappa shape index (κ3) is 5.51. The summed E-state index contributed by atoms with van der Waals surface area (Å²) in [6.45, 7) is 2.04. The van der Waals surface area contributed by atoms with Crippen molar-refractivity contribution in [3.63, 3.8) is 0 Å². The van der Waals surface area contributed by atoms with E-state index in [1.807, 2.05) is 6.92 Å². The summed E-state index contributed by atoms with van der Waals surface area (Å²) in [7, 11) is 0. The van der Waals surface area contributed by atoms with Gasteiger partial charge in [-0.05, 0) is 55.5 Å². The molecule has 0 bridgehead atoms. The average Bonchev–Trinajstić information content (AvgIpc) is 2.60. The first-order valence-corrected chi connectivity index (χ1v) is 7.77. The van der Waals surface area contributed by atoms with Crippen LogP contribution in [0.25, 0.3) is 0 Å². The molecular weight excluding hydrogens is 349 g/mol. The lowest BCUT2D eigenvalue weighted by Gasteiger charge is -2.10. The molecule has 0 aromatic heterocycles. The van der Waals surface area contributed by atoms with Crippen LogP contribution in [0, 0.1) is 0 Å². The van der Waals surface area contributed by atoms with Gasteiger partial charge in [-0.25, -0.2) is 0 Å². The van der Waals surface area contributed by atoms with Crippen molar-refractivity contribution in [1.82, 2.24) is 5.32 Å². The van der Waals surface area contributed by atoms with Crippen LogP contribution in [0.2, 0.25) is 0 Å². The molecule has 0 spiro atoms. The van der Waals surface area contributed by atoms with Crippen LogP contribution in [-0.4, -0.2) is 25.0 Å². The van der Waals surface area contributed by atoms with E-state index in [4.69, 9.17) is 4.74 Å². The molecule has 26 heavy (non-hydrogen) atoms. The Morgan fingerprint density at radius 1 is 1.00 bits per heavy atom. The highest BCUT2D eigenvalue weighted by Gasteiger charge is 2.29. The highest BCUT2D eigenvalue weighted by Crippen LogP contribution is 2.29. The maximum absolute atomic E-state index is 12.5. The first-order valence-electron chi connectivity index (χ1n) is 7.77. The van der Waals surface area contributed by atoms with Crippen molar-refractivity contribution >= 4 is 17.5 Å². The van der Waals surface area contributed by atoms with Crippen LogP contribution < -0.4 is 15.4 Å². The molecule has 0 aliphatic carbocycles. The zero-order valence-electron chi connectivity index (χ0n) is 13.9. The number of benzene rings is 2. The zero-order valence-corrected chi connectivity index (χ0v) is 13.9. The van der Waals surface area contributed by atoms with Crippen molar-refractivity contribution < 1.29 is 27.5 Å². The van der Waals surface area contributed by atoms with E-state index in [-0.39, 0.29) is 12.2 Å². The van der Waals surface area contributed by atoms with Gasteiger partial charge in [-0.15, -0.1) is 0 Å². The van der Waals surface area contributed by atoms with Crippen LogP contribution in [0.4, 0.5) is 18.9 Å². The Balaban J connectivity index is 1.85. The molecule has 0 fully saturated rings. The van der Waals surface area contributed by atoms with Gasteiger partial charge in [-0.3, -0.25) is 9.59 Å². The SMILES string of the molecule is CCOc1ccc(C(=O)NCC(=O)Nc2ccc(C(F)(F)F)cc2)cc1. The van der Waals surface area contributed by atoms with Gasteiger partial charge in [-0.1, -0.05) is 0 Å². The fourth-order valence-corrected chi connectivity index (χ4v) is 2.08. The van der Waals surface area contributed by atoms with E-state index < -0.39 is 23.6 Å². The third-order valence-corrected chi connectivity index (χ3v) is 3.33. The smallest absolute Gasteiger partial charge is 0.416 e. The van der Waals surface area contributed by atoms with E-state index in [0.717, 1.165) is 24.3 Å². The minimum Gasteiger partial charge on any atom is -0.494 e. The number of rotatable bonds is 6. The van der Waals surface area contributed by atoms with Crippen molar-refractivity contribution in [1.29, 1.82) is 0 Å². The molecule has 0 atom stereocenters. The second kappa shape index (κ2) is 8.37. The number of hydrogen-bond acceptors (Lipinski definition) is 3. The summed E-state index contributed by atoms with van der Waals surface area (Å²) >= 11 is 0. The van der Waals surface area contributed by atoms with E-state index in [9.17, 15) is 22.8 Å². The molecule has 0 aliphatic heterocycles. The van der Waals surface area contributed by atoms with E-state index in [1.165, 1.54) is 0 Å². The average molecular weight is 366 g/mol. The molecule has 138 valence electrons. The number of alkyl halides is 3. The molecule has 0 unspecified atom stereocenters. The number of amides is 2. The number of carbonyl (C=O) groups excluding carboxylic acids is 2. The van der Waals surface area contributed by atoms with E-state index >= 15 is 0 Å². The van der Waals surface area contributed by atoms with Crippen molar-refractivity contribution in [3.05, 3.63) is 59.7 Å². The summed E-state index contributed by atoms with van der Waals surface area (Å²) in [6.07, 6.45) is -4.44. The quantitative estimate of drug-likeness (QED) is 0.823. The van der Waals surface area contributed by atoms with Crippen molar-refractivity contribution in [2.75, 3.05) is 18.5 Å². The first kappa shape index (κ1) is 19.3. The standard InChI is InChI=1S/C18H17F3N2O3/c1-2-26-15-9-3-12(4-10-15)17(25)22-11-16(24)23-14-7-5-13(6-8-14)18(19,20)21/h3-10H,2,11H2,1H3,(H,22,25)(H,23,24). The predicted molar refractivity (Wildman–Crippen MR) is 90.0 cm³/mol. The fourth-order valence-electron chi connectivity index (χ4n) is 2.08. The maximum atomic E-state index is 12.5. The van der Waals surface area contributed by atoms with Crippen LogP contribution in [0.3, 0.4) is 0 Å². The van der Waals surface area contributed by atoms with Gasteiger partial charge < -0.3 is 15.4 Å². The number of carbonyl (C=O) groups is 2. The summed E-state index contributed by atoms with van der Waals surface area (Å²) in [5, 5.41) is 4.85. The molecule has 0 saturated carbocycles. The molecule has 0 radical (unpaired) electrons. The summed E-state index contributed by atoms with van der Waals surface area (Å²) in [4.78, 5) is 23.8. The van der Waals surface area contributed by atoms with E-state index in [0.29, 0.717) is 17.9 Å². The molecule has 2 aromatic rings. The number of ether oxygens (including phenoxy) is 1. The molecule has 5 nitrogen and oxygen atoms in total. The Bertz CT molecular complexity index is 757. The molecule has 2 aromatic carbocycles. The number of halogens is 3. The van der Waals surface area contributed by atoms with Crippen molar-refractivity contribution in [2.45, 2.75) is 13.1 Å². The summed E-state index contributed by atoms with van der Waals surface area (Å²) < 4.78 is 42.7. The van der Waals surface area contributed by atoms with Gasteiger partial charge in [0, 0.05) is 11.3 Å². The van der Waals surface area contributed by atoms with Crippen LogP contribution in [0.5, 0.6) is 5.75 Å². The molecule has 2 amide bonds. The normalized spacial score (nSPS) is 10.9. The minimum absolute atomic E-state index is 0.207. The van der Waals surface area contributed by atoms with Crippen LogP contribution in [-0.2, 0) is 11.0 Å². The first-order chi connectivity index (χ1) is 12.3. The molecule has 8 heteroatoms. The molecule has 0 heterocycles. The minimum atomic E-state index is -4.44.